The number of amides is 2. The number of hydrogen-bond donors (Lipinski definition) is 0. The first-order valence-electron chi connectivity index (χ1n) is 20.8. The topological polar surface area (TPSA) is 141 Å². The molecular formula is C46H62N4O9. The van der Waals surface area contributed by atoms with Crippen LogP contribution in [-0.4, -0.2) is 74.3 Å². The summed E-state index contributed by atoms with van der Waals surface area (Å²) in [6.07, 6.45) is 2.64. The largest absolute Gasteiger partial charge is 0.509 e. The summed E-state index contributed by atoms with van der Waals surface area (Å²) in [4.78, 5) is 52.3. The van der Waals surface area contributed by atoms with Crippen molar-refractivity contribution >= 4 is 46.1 Å². The van der Waals surface area contributed by atoms with E-state index in [1.807, 2.05) is 30.5 Å². The molecule has 6 rings (SSSR count). The van der Waals surface area contributed by atoms with Gasteiger partial charge in [-0.2, -0.15) is 4.90 Å². The highest BCUT2D eigenvalue weighted by atomic mass is 16.7. The van der Waals surface area contributed by atoms with E-state index in [9.17, 15) is 14.4 Å². The van der Waals surface area contributed by atoms with Crippen LogP contribution in [0.2, 0.25) is 0 Å². The molecule has 2 amide bonds. The lowest BCUT2D eigenvalue weighted by molar-refractivity contribution is -0.163. The number of aryl methyl sites for hydroxylation is 2. The predicted molar refractivity (Wildman–Crippen MR) is 226 cm³/mol. The summed E-state index contributed by atoms with van der Waals surface area (Å²) < 4.78 is 37.2. The molecule has 13 heteroatoms. The summed E-state index contributed by atoms with van der Waals surface area (Å²) in [6.45, 7) is 22.8. The number of unbranched alkanes of at least 4 members (excludes halogenated alkanes) is 1. The van der Waals surface area contributed by atoms with Crippen molar-refractivity contribution in [3.8, 4) is 0 Å². The normalized spacial score (nSPS) is 15.7. The Morgan fingerprint density at radius 1 is 0.780 bits per heavy atom. The quantitative estimate of drug-likeness (QED) is 0.118. The van der Waals surface area contributed by atoms with Crippen LogP contribution in [0.4, 0.5) is 20.2 Å². The Labute approximate surface area is 348 Å². The first-order chi connectivity index (χ1) is 27.4. The van der Waals surface area contributed by atoms with Crippen molar-refractivity contribution in [3.63, 3.8) is 0 Å². The van der Waals surface area contributed by atoms with E-state index >= 15 is 0 Å². The van der Waals surface area contributed by atoms with E-state index in [0.29, 0.717) is 54.9 Å². The molecule has 59 heavy (non-hydrogen) atoms. The van der Waals surface area contributed by atoms with Crippen molar-refractivity contribution in [1.29, 1.82) is 0 Å². The molecule has 0 unspecified atom stereocenters. The highest BCUT2D eigenvalue weighted by molar-refractivity contribution is 6.17. The van der Waals surface area contributed by atoms with Gasteiger partial charge in [-0.1, -0.05) is 43.7 Å². The molecule has 0 atom stereocenters. The standard InChI is InChI=1S/C46H62N4O9/c1-13-14-15-35-48-36-37(49(35)28-45(11,12)59-41(53)58-44(8,9)10)33-19-17-30(24-29-16-18-31-20-21-46(27-32(31)25-29)54-22-23-55-46)26-34(33)47-38(36)50(39(51)56-42(2,3)4)40(52)57-43(5,6)7/h16-19,25-26H,13-15,20-24,27-28H2,1-12H3. The van der Waals surface area contributed by atoms with E-state index in [4.69, 9.17) is 38.4 Å². The van der Waals surface area contributed by atoms with Crippen molar-refractivity contribution in [2.75, 3.05) is 18.1 Å². The molecular weight excluding hydrogens is 753 g/mol. The maximum atomic E-state index is 14.2. The maximum Gasteiger partial charge on any atom is 0.509 e. The summed E-state index contributed by atoms with van der Waals surface area (Å²) >= 11 is 0. The zero-order chi connectivity index (χ0) is 43.1. The Hall–Kier alpha value is -4.75. The second-order valence-electron chi connectivity index (χ2n) is 19.4. The van der Waals surface area contributed by atoms with Gasteiger partial charge in [-0.25, -0.2) is 24.4 Å². The second kappa shape index (κ2) is 16.4. The summed E-state index contributed by atoms with van der Waals surface area (Å²) in [5.74, 6) is 0.115. The van der Waals surface area contributed by atoms with E-state index in [2.05, 4.69) is 31.2 Å². The van der Waals surface area contributed by atoms with Gasteiger partial charge in [0.25, 0.3) is 0 Å². The molecule has 4 aromatic rings. The average molecular weight is 815 g/mol. The molecule has 320 valence electrons. The van der Waals surface area contributed by atoms with Gasteiger partial charge in [0.1, 0.15) is 33.7 Å². The fraction of sp³-hybridized carbons (Fsp3) is 0.587. The van der Waals surface area contributed by atoms with E-state index < -0.39 is 46.5 Å². The van der Waals surface area contributed by atoms with Crippen molar-refractivity contribution < 1.29 is 42.8 Å². The average Bonchev–Trinajstić information content (AvgIpc) is 3.68. The van der Waals surface area contributed by atoms with Crippen LogP contribution in [0.15, 0.2) is 36.4 Å². The van der Waals surface area contributed by atoms with E-state index in [1.165, 1.54) is 11.1 Å². The van der Waals surface area contributed by atoms with E-state index in [1.54, 1.807) is 62.3 Å². The Balaban J connectivity index is 1.52. The zero-order valence-electron chi connectivity index (χ0n) is 37.0. The number of pyridine rings is 1. The number of rotatable bonds is 9. The van der Waals surface area contributed by atoms with Gasteiger partial charge in [-0.15, -0.1) is 0 Å². The van der Waals surface area contributed by atoms with Crippen molar-refractivity contribution in [3.05, 3.63) is 64.5 Å². The fourth-order valence-electron chi connectivity index (χ4n) is 7.58. The molecule has 0 radical (unpaired) electrons. The molecule has 2 aliphatic rings. The Bertz CT molecular complexity index is 2190. The molecule has 2 aromatic heterocycles. The number of carbonyl (C=O) groups excluding carboxylic acids is 3. The lowest BCUT2D eigenvalue weighted by Gasteiger charge is -2.33. The minimum atomic E-state index is -1.07. The molecule has 3 heterocycles. The highest BCUT2D eigenvalue weighted by Gasteiger charge is 2.40. The number of carbonyl (C=O) groups is 3. The molecule has 1 spiro atoms. The summed E-state index contributed by atoms with van der Waals surface area (Å²) in [5, 5.41) is 0.743. The van der Waals surface area contributed by atoms with Gasteiger partial charge in [0.05, 0.1) is 30.8 Å². The van der Waals surface area contributed by atoms with Gasteiger partial charge >= 0.3 is 18.3 Å². The number of aromatic nitrogens is 3. The van der Waals surface area contributed by atoms with Crippen LogP contribution in [0.3, 0.4) is 0 Å². The third kappa shape index (κ3) is 10.7. The van der Waals surface area contributed by atoms with Crippen LogP contribution in [0.1, 0.15) is 130 Å². The van der Waals surface area contributed by atoms with Crippen molar-refractivity contribution in [1.82, 2.24) is 14.5 Å². The summed E-state index contributed by atoms with van der Waals surface area (Å²) in [5.41, 5.74) is 2.38. The lowest BCUT2D eigenvalue weighted by Crippen LogP contribution is -2.44. The monoisotopic (exact) mass is 814 g/mol. The number of hydrogen-bond acceptors (Lipinski definition) is 11. The molecule has 1 aliphatic heterocycles. The zero-order valence-corrected chi connectivity index (χ0v) is 37.0. The van der Waals surface area contributed by atoms with Crippen LogP contribution < -0.4 is 4.90 Å². The van der Waals surface area contributed by atoms with Gasteiger partial charge in [-0.3, -0.25) is 0 Å². The van der Waals surface area contributed by atoms with Crippen LogP contribution in [0.5, 0.6) is 0 Å². The van der Waals surface area contributed by atoms with Gasteiger partial charge in [0, 0.05) is 24.6 Å². The molecule has 13 nitrogen and oxygen atoms in total. The fourth-order valence-corrected chi connectivity index (χ4v) is 7.58. The van der Waals surface area contributed by atoms with Gasteiger partial charge in [0.2, 0.25) is 0 Å². The lowest BCUT2D eigenvalue weighted by atomic mass is 9.85. The first-order valence-corrected chi connectivity index (χ1v) is 20.8. The van der Waals surface area contributed by atoms with Gasteiger partial charge < -0.3 is 33.0 Å². The third-order valence-electron chi connectivity index (χ3n) is 9.94. The number of imidazole rings is 1. The predicted octanol–water partition coefficient (Wildman–Crippen LogP) is 10.2. The Kier molecular flexibility index (Phi) is 12.2. The molecule has 1 saturated heterocycles. The van der Waals surface area contributed by atoms with Crippen LogP contribution in [0.25, 0.3) is 21.9 Å². The molecule has 0 saturated carbocycles. The van der Waals surface area contributed by atoms with Crippen LogP contribution in [-0.2, 0) is 60.6 Å². The first kappa shape index (κ1) is 43.8. The van der Waals surface area contributed by atoms with E-state index in [0.717, 1.165) is 47.1 Å². The maximum absolute atomic E-state index is 14.2. The van der Waals surface area contributed by atoms with Crippen molar-refractivity contribution in [2.24, 2.45) is 0 Å². The van der Waals surface area contributed by atoms with Crippen molar-refractivity contribution in [2.45, 2.75) is 163 Å². The molecule has 0 N–H and O–H groups in total. The van der Waals surface area contributed by atoms with Crippen LogP contribution >= 0.6 is 0 Å². The Morgan fingerprint density at radius 2 is 1.39 bits per heavy atom. The van der Waals surface area contributed by atoms with E-state index in [-0.39, 0.29) is 12.4 Å². The van der Waals surface area contributed by atoms with Crippen LogP contribution in [0, 0.1) is 0 Å². The number of nitrogens with zero attached hydrogens (tertiary/aromatic N) is 4. The third-order valence-corrected chi connectivity index (χ3v) is 9.94. The number of anilines is 1. The van der Waals surface area contributed by atoms with Gasteiger partial charge in [0.15, 0.2) is 11.6 Å². The number of ether oxygens (including phenoxy) is 6. The smallest absolute Gasteiger partial charge is 0.443 e. The highest BCUT2D eigenvalue weighted by Crippen LogP contribution is 2.38. The minimum Gasteiger partial charge on any atom is -0.443 e. The second-order valence-corrected chi connectivity index (χ2v) is 19.4. The molecule has 1 aliphatic carbocycles. The number of imide groups is 1. The molecule has 1 fully saturated rings. The number of fused-ring (bicyclic) bond motifs is 4. The SMILES string of the molecule is CCCCc1nc2c(N(C(=O)OC(C)(C)C)C(=O)OC(C)(C)C)nc3cc(Cc4ccc5c(c4)CC4(CC5)OCCO4)ccc3c2n1CC(C)(C)OC(=O)OC(C)(C)C. The Morgan fingerprint density at radius 3 is 2.00 bits per heavy atom. The minimum absolute atomic E-state index is 0.0221. The summed E-state index contributed by atoms with van der Waals surface area (Å²) in [7, 11) is 0. The molecule has 2 aromatic carbocycles. The van der Waals surface area contributed by atoms with Gasteiger partial charge in [-0.05, 0) is 124 Å². The molecule has 0 bridgehead atoms. The summed E-state index contributed by atoms with van der Waals surface area (Å²) in [6, 6.07) is 12.7. The number of benzene rings is 2.